The molecule has 0 saturated heterocycles. The van der Waals surface area contributed by atoms with Gasteiger partial charge in [0, 0.05) is 5.56 Å². The van der Waals surface area contributed by atoms with Crippen molar-refractivity contribution in [3.8, 4) is 10.6 Å². The largest absolute Gasteiger partial charge is 0.344 e. The summed E-state index contributed by atoms with van der Waals surface area (Å²) in [5.74, 6) is -0.538. The van der Waals surface area contributed by atoms with Gasteiger partial charge in [0.05, 0.1) is 6.42 Å². The van der Waals surface area contributed by atoms with Gasteiger partial charge in [-0.25, -0.2) is 0 Å². The van der Waals surface area contributed by atoms with Crippen LogP contribution in [0.2, 0.25) is 0 Å². The number of benzene rings is 2. The van der Waals surface area contributed by atoms with E-state index in [1.54, 1.807) is 6.92 Å². The third-order valence-corrected chi connectivity index (χ3v) is 4.82. The number of rotatable bonds is 6. The van der Waals surface area contributed by atoms with E-state index in [2.05, 4.69) is 20.8 Å². The van der Waals surface area contributed by atoms with Gasteiger partial charge in [0.15, 0.2) is 0 Å². The van der Waals surface area contributed by atoms with E-state index >= 15 is 0 Å². The van der Waals surface area contributed by atoms with Gasteiger partial charge < -0.3 is 5.32 Å². The first-order valence-electron chi connectivity index (χ1n) is 8.56. The minimum atomic E-state index is -0.673. The number of hydrogen-bond donors (Lipinski definition) is 2. The number of carbonyl (C=O) groups is 2. The van der Waals surface area contributed by atoms with E-state index in [0.29, 0.717) is 5.13 Å². The summed E-state index contributed by atoms with van der Waals surface area (Å²) in [5, 5.41) is 14.7. The molecule has 138 valence electrons. The molecular formula is C20H20N4O2S. The van der Waals surface area contributed by atoms with Crippen LogP contribution in [-0.2, 0) is 16.0 Å². The van der Waals surface area contributed by atoms with Crippen molar-refractivity contribution in [3.63, 3.8) is 0 Å². The maximum Gasteiger partial charge on any atom is 0.248 e. The lowest BCUT2D eigenvalue weighted by atomic mass is 10.1. The van der Waals surface area contributed by atoms with E-state index in [1.807, 2.05) is 61.5 Å². The normalized spacial score (nSPS) is 11.6. The molecule has 1 heterocycles. The third kappa shape index (κ3) is 5.21. The zero-order chi connectivity index (χ0) is 19.2. The highest BCUT2D eigenvalue weighted by Gasteiger charge is 2.18. The number of nitrogens with one attached hydrogen (secondary N) is 2. The molecule has 7 heteroatoms. The fourth-order valence-electron chi connectivity index (χ4n) is 2.44. The van der Waals surface area contributed by atoms with Gasteiger partial charge in [-0.15, -0.1) is 10.2 Å². The van der Waals surface area contributed by atoms with E-state index in [-0.39, 0.29) is 18.2 Å². The van der Waals surface area contributed by atoms with E-state index in [4.69, 9.17) is 0 Å². The number of aromatic nitrogens is 2. The molecule has 0 spiro atoms. The molecule has 0 fully saturated rings. The molecule has 2 amide bonds. The Balaban J connectivity index is 1.55. The molecule has 0 saturated carbocycles. The molecule has 27 heavy (non-hydrogen) atoms. The molecule has 0 bridgehead atoms. The van der Waals surface area contributed by atoms with Crippen LogP contribution in [0.15, 0.2) is 54.6 Å². The van der Waals surface area contributed by atoms with Gasteiger partial charge >= 0.3 is 0 Å². The maximum absolute atomic E-state index is 12.3. The van der Waals surface area contributed by atoms with Crippen LogP contribution >= 0.6 is 11.3 Å². The highest BCUT2D eigenvalue weighted by molar-refractivity contribution is 7.18. The van der Waals surface area contributed by atoms with Crippen molar-refractivity contribution in [2.24, 2.45) is 0 Å². The van der Waals surface area contributed by atoms with Gasteiger partial charge in [0.1, 0.15) is 11.0 Å². The summed E-state index contributed by atoms with van der Waals surface area (Å²) >= 11 is 1.29. The van der Waals surface area contributed by atoms with Crippen LogP contribution in [0.1, 0.15) is 18.1 Å². The highest BCUT2D eigenvalue weighted by Crippen LogP contribution is 2.26. The Morgan fingerprint density at radius 3 is 2.44 bits per heavy atom. The Bertz CT molecular complexity index is 923. The number of anilines is 1. The summed E-state index contributed by atoms with van der Waals surface area (Å²) < 4.78 is 0. The fourth-order valence-corrected chi connectivity index (χ4v) is 3.19. The molecule has 3 rings (SSSR count). The number of nitrogens with zero attached hydrogens (tertiary/aromatic N) is 2. The highest BCUT2D eigenvalue weighted by atomic mass is 32.1. The van der Waals surface area contributed by atoms with Gasteiger partial charge in [-0.2, -0.15) is 0 Å². The maximum atomic E-state index is 12.3. The van der Waals surface area contributed by atoms with Crippen molar-refractivity contribution in [2.75, 3.05) is 5.32 Å². The van der Waals surface area contributed by atoms with Gasteiger partial charge in [-0.1, -0.05) is 71.5 Å². The predicted molar refractivity (Wildman–Crippen MR) is 106 cm³/mol. The Hall–Kier alpha value is -3.06. The molecule has 1 aromatic heterocycles. The van der Waals surface area contributed by atoms with Crippen LogP contribution in [-0.4, -0.2) is 28.1 Å². The zero-order valence-electron chi connectivity index (χ0n) is 15.1. The predicted octanol–water partition coefficient (Wildman–Crippen LogP) is 3.20. The molecule has 6 nitrogen and oxygen atoms in total. The SMILES string of the molecule is Cc1ccc(-c2nnc(NC(=O)[C@@H](C)NC(=O)Cc3ccccc3)s2)cc1. The fraction of sp³-hybridized carbons (Fsp3) is 0.200. The first-order chi connectivity index (χ1) is 13.0. The van der Waals surface area contributed by atoms with Crippen molar-refractivity contribution in [3.05, 3.63) is 65.7 Å². The van der Waals surface area contributed by atoms with Crippen LogP contribution in [0.5, 0.6) is 0 Å². The van der Waals surface area contributed by atoms with Crippen molar-refractivity contribution >= 4 is 28.3 Å². The molecule has 0 radical (unpaired) electrons. The number of hydrogen-bond acceptors (Lipinski definition) is 5. The molecule has 0 aliphatic carbocycles. The van der Waals surface area contributed by atoms with Crippen molar-refractivity contribution < 1.29 is 9.59 Å². The molecule has 0 aliphatic heterocycles. The first-order valence-corrected chi connectivity index (χ1v) is 9.37. The van der Waals surface area contributed by atoms with Crippen LogP contribution < -0.4 is 10.6 Å². The molecule has 1 atom stereocenters. The van der Waals surface area contributed by atoms with Gasteiger partial charge in [0.2, 0.25) is 16.9 Å². The van der Waals surface area contributed by atoms with Gasteiger partial charge in [-0.3, -0.25) is 14.9 Å². The van der Waals surface area contributed by atoms with Gasteiger partial charge in [-0.05, 0) is 19.4 Å². The standard InChI is InChI=1S/C20H20N4O2S/c1-13-8-10-16(11-9-13)19-23-24-20(27-19)22-18(26)14(2)21-17(25)12-15-6-4-3-5-7-15/h3-11,14H,12H2,1-2H3,(H,21,25)(H,22,24,26)/t14-/m1/s1. The lowest BCUT2D eigenvalue weighted by Crippen LogP contribution is -2.42. The average molecular weight is 380 g/mol. The van der Waals surface area contributed by atoms with Crippen molar-refractivity contribution in [1.29, 1.82) is 0 Å². The summed E-state index contributed by atoms with van der Waals surface area (Å²) in [7, 11) is 0. The lowest BCUT2D eigenvalue weighted by molar-refractivity contribution is -0.125. The second-order valence-electron chi connectivity index (χ2n) is 6.22. The van der Waals surface area contributed by atoms with Crippen LogP contribution in [0, 0.1) is 6.92 Å². The van der Waals surface area contributed by atoms with Gasteiger partial charge in [0.25, 0.3) is 0 Å². The Morgan fingerprint density at radius 2 is 1.74 bits per heavy atom. The summed E-state index contributed by atoms with van der Waals surface area (Å²) in [5.41, 5.74) is 3.01. The summed E-state index contributed by atoms with van der Waals surface area (Å²) in [6.45, 7) is 3.66. The molecule has 2 N–H and O–H groups in total. The number of aryl methyl sites for hydroxylation is 1. The van der Waals surface area contributed by atoms with E-state index in [0.717, 1.165) is 21.7 Å². The smallest absolute Gasteiger partial charge is 0.248 e. The Labute approximate surface area is 161 Å². The van der Waals surface area contributed by atoms with E-state index in [9.17, 15) is 9.59 Å². The summed E-state index contributed by atoms with van der Waals surface area (Å²) in [6, 6.07) is 16.6. The van der Waals surface area contributed by atoms with Crippen molar-refractivity contribution in [2.45, 2.75) is 26.3 Å². The monoisotopic (exact) mass is 380 g/mol. The molecule has 0 aliphatic rings. The van der Waals surface area contributed by atoms with Crippen LogP contribution in [0.25, 0.3) is 10.6 Å². The number of amides is 2. The quantitative estimate of drug-likeness (QED) is 0.688. The van der Waals surface area contributed by atoms with Crippen molar-refractivity contribution in [1.82, 2.24) is 15.5 Å². The Morgan fingerprint density at radius 1 is 1.04 bits per heavy atom. The summed E-state index contributed by atoms with van der Waals surface area (Å²) in [4.78, 5) is 24.4. The summed E-state index contributed by atoms with van der Waals surface area (Å²) in [6.07, 6.45) is 0.231. The third-order valence-electron chi connectivity index (χ3n) is 3.93. The van der Waals surface area contributed by atoms with Crippen LogP contribution in [0.3, 0.4) is 0 Å². The average Bonchev–Trinajstić information content (AvgIpc) is 3.11. The second kappa shape index (κ2) is 8.55. The minimum absolute atomic E-state index is 0.207. The molecular weight excluding hydrogens is 360 g/mol. The molecule has 2 aromatic carbocycles. The Kier molecular flexibility index (Phi) is 5.93. The van der Waals surface area contributed by atoms with E-state index in [1.165, 1.54) is 11.3 Å². The topological polar surface area (TPSA) is 84.0 Å². The second-order valence-corrected chi connectivity index (χ2v) is 7.20. The molecule has 3 aromatic rings. The lowest BCUT2D eigenvalue weighted by Gasteiger charge is -2.12. The molecule has 0 unspecified atom stereocenters. The minimum Gasteiger partial charge on any atom is -0.344 e. The first kappa shape index (κ1) is 18.7. The zero-order valence-corrected chi connectivity index (χ0v) is 15.9. The number of carbonyl (C=O) groups excluding carboxylic acids is 2. The van der Waals surface area contributed by atoms with E-state index < -0.39 is 6.04 Å². The van der Waals surface area contributed by atoms with Crippen LogP contribution in [0.4, 0.5) is 5.13 Å².